The summed E-state index contributed by atoms with van der Waals surface area (Å²) in [4.78, 5) is 12.4. The van der Waals surface area contributed by atoms with E-state index in [-0.39, 0.29) is 11.7 Å². The van der Waals surface area contributed by atoms with Gasteiger partial charge in [-0.05, 0) is 74.9 Å². The van der Waals surface area contributed by atoms with E-state index in [0.717, 1.165) is 17.7 Å². The normalized spacial score (nSPS) is 11.8. The van der Waals surface area contributed by atoms with Crippen molar-refractivity contribution in [2.24, 2.45) is 0 Å². The largest absolute Gasteiger partial charge is 0.322 e. The molecule has 0 aromatic heterocycles. The number of halogens is 2. The smallest absolute Gasteiger partial charge is 0.256 e. The van der Waals surface area contributed by atoms with E-state index in [1.165, 1.54) is 34.9 Å². The molecule has 24 heavy (non-hydrogen) atoms. The summed E-state index contributed by atoms with van der Waals surface area (Å²) in [6.45, 7) is 0. The number of hydrogen-bond acceptors (Lipinski definition) is 1. The molecule has 1 aliphatic carbocycles. The number of benzene rings is 3. The second kappa shape index (κ2) is 5.87. The Balaban J connectivity index is 1.64. The molecule has 0 fully saturated rings. The van der Waals surface area contributed by atoms with Gasteiger partial charge in [-0.1, -0.05) is 30.3 Å². The van der Waals surface area contributed by atoms with Gasteiger partial charge in [0.25, 0.3) is 5.91 Å². The SMILES string of the molecule is O=C(Nc1ccc2c(c1)-c1ccccc1C2)c1ccc(F)cc1Br. The van der Waals surface area contributed by atoms with Crippen molar-refractivity contribution in [3.05, 3.63) is 87.6 Å². The first-order chi connectivity index (χ1) is 11.6. The molecule has 0 saturated carbocycles. The molecule has 0 radical (unpaired) electrons. The lowest BCUT2D eigenvalue weighted by atomic mass is 10.1. The lowest BCUT2D eigenvalue weighted by molar-refractivity contribution is 0.102. The minimum atomic E-state index is -0.382. The van der Waals surface area contributed by atoms with E-state index < -0.39 is 0 Å². The van der Waals surface area contributed by atoms with Crippen molar-refractivity contribution < 1.29 is 9.18 Å². The van der Waals surface area contributed by atoms with Crippen molar-refractivity contribution in [1.82, 2.24) is 0 Å². The third kappa shape index (κ3) is 2.63. The zero-order valence-corrected chi connectivity index (χ0v) is 14.2. The Labute approximate surface area is 147 Å². The topological polar surface area (TPSA) is 29.1 Å². The van der Waals surface area contributed by atoms with Crippen molar-refractivity contribution in [1.29, 1.82) is 0 Å². The molecule has 118 valence electrons. The molecule has 0 saturated heterocycles. The van der Waals surface area contributed by atoms with Crippen molar-refractivity contribution in [3.8, 4) is 11.1 Å². The Hall–Kier alpha value is -2.46. The second-order valence-electron chi connectivity index (χ2n) is 5.78. The van der Waals surface area contributed by atoms with Crippen LogP contribution in [0.1, 0.15) is 21.5 Å². The van der Waals surface area contributed by atoms with Gasteiger partial charge in [-0.15, -0.1) is 0 Å². The van der Waals surface area contributed by atoms with Gasteiger partial charge >= 0.3 is 0 Å². The number of nitrogens with one attached hydrogen (secondary N) is 1. The summed E-state index contributed by atoms with van der Waals surface area (Å²) in [6.07, 6.45) is 0.920. The van der Waals surface area contributed by atoms with Crippen LogP contribution >= 0.6 is 15.9 Å². The van der Waals surface area contributed by atoms with Gasteiger partial charge in [0.2, 0.25) is 0 Å². The van der Waals surface area contributed by atoms with Gasteiger partial charge in [0, 0.05) is 10.2 Å². The van der Waals surface area contributed by atoms with Gasteiger partial charge < -0.3 is 5.32 Å². The Morgan fingerprint density at radius 1 is 0.958 bits per heavy atom. The predicted molar refractivity (Wildman–Crippen MR) is 96.7 cm³/mol. The van der Waals surface area contributed by atoms with Crippen LogP contribution < -0.4 is 5.32 Å². The predicted octanol–water partition coefficient (Wildman–Crippen LogP) is 5.41. The Bertz CT molecular complexity index is 968. The zero-order valence-electron chi connectivity index (χ0n) is 12.6. The fourth-order valence-corrected chi connectivity index (χ4v) is 3.60. The highest BCUT2D eigenvalue weighted by Gasteiger charge is 2.19. The van der Waals surface area contributed by atoms with Crippen LogP contribution in [0.25, 0.3) is 11.1 Å². The summed E-state index contributed by atoms with van der Waals surface area (Å²) in [7, 11) is 0. The molecule has 1 aliphatic rings. The lowest BCUT2D eigenvalue weighted by Crippen LogP contribution is -2.12. The van der Waals surface area contributed by atoms with Gasteiger partial charge in [0.15, 0.2) is 0 Å². The van der Waals surface area contributed by atoms with E-state index >= 15 is 0 Å². The molecule has 0 aliphatic heterocycles. The first-order valence-electron chi connectivity index (χ1n) is 7.59. The molecule has 1 N–H and O–H groups in total. The number of amides is 1. The van der Waals surface area contributed by atoms with Crippen LogP contribution in [0.4, 0.5) is 10.1 Å². The summed E-state index contributed by atoms with van der Waals surface area (Å²) in [6, 6.07) is 18.3. The maximum Gasteiger partial charge on any atom is 0.256 e. The first kappa shape index (κ1) is 15.1. The van der Waals surface area contributed by atoms with Crippen LogP contribution in [-0.2, 0) is 6.42 Å². The van der Waals surface area contributed by atoms with E-state index in [2.05, 4.69) is 33.4 Å². The minimum absolute atomic E-state index is 0.270. The van der Waals surface area contributed by atoms with E-state index in [1.54, 1.807) is 0 Å². The number of fused-ring (bicyclic) bond motifs is 3. The molecule has 0 spiro atoms. The second-order valence-corrected chi connectivity index (χ2v) is 6.64. The molecule has 0 bridgehead atoms. The third-order valence-electron chi connectivity index (χ3n) is 4.23. The quantitative estimate of drug-likeness (QED) is 0.493. The Kier molecular flexibility index (Phi) is 3.69. The average Bonchev–Trinajstić information content (AvgIpc) is 2.93. The number of carbonyl (C=O) groups is 1. The van der Waals surface area contributed by atoms with Crippen LogP contribution in [0.2, 0.25) is 0 Å². The standard InChI is InChI=1S/C20H13BrFNO/c21-19-10-14(22)6-8-17(19)20(24)23-15-7-5-13-9-12-3-1-2-4-16(12)18(13)11-15/h1-8,10-11H,9H2,(H,23,24). The summed E-state index contributed by atoms with van der Waals surface area (Å²) in [5.74, 6) is -0.652. The van der Waals surface area contributed by atoms with E-state index in [4.69, 9.17) is 0 Å². The Morgan fingerprint density at radius 3 is 2.58 bits per heavy atom. The molecule has 3 aromatic rings. The van der Waals surface area contributed by atoms with Gasteiger partial charge in [0.05, 0.1) is 5.56 Å². The third-order valence-corrected chi connectivity index (χ3v) is 4.89. The minimum Gasteiger partial charge on any atom is -0.322 e. The van der Waals surface area contributed by atoms with Crippen LogP contribution in [0.5, 0.6) is 0 Å². The van der Waals surface area contributed by atoms with E-state index in [1.807, 2.05) is 30.3 Å². The van der Waals surface area contributed by atoms with Crippen molar-refractivity contribution >= 4 is 27.5 Å². The molecular weight excluding hydrogens is 369 g/mol. The fraction of sp³-hybridized carbons (Fsp3) is 0.0500. The molecule has 1 amide bonds. The monoisotopic (exact) mass is 381 g/mol. The highest BCUT2D eigenvalue weighted by atomic mass is 79.9. The maximum absolute atomic E-state index is 13.2. The molecule has 3 aromatic carbocycles. The number of rotatable bonds is 2. The fourth-order valence-electron chi connectivity index (χ4n) is 3.07. The summed E-state index contributed by atoms with van der Waals surface area (Å²) >= 11 is 3.23. The molecule has 0 atom stereocenters. The molecule has 4 heteroatoms. The highest BCUT2D eigenvalue weighted by molar-refractivity contribution is 9.10. The maximum atomic E-state index is 13.2. The summed E-state index contributed by atoms with van der Waals surface area (Å²) in [5, 5.41) is 2.89. The van der Waals surface area contributed by atoms with Gasteiger partial charge in [-0.3, -0.25) is 4.79 Å². The van der Waals surface area contributed by atoms with E-state index in [9.17, 15) is 9.18 Å². The van der Waals surface area contributed by atoms with E-state index in [0.29, 0.717) is 10.0 Å². The molecular formula is C20H13BrFNO. The molecule has 0 unspecified atom stereocenters. The summed E-state index contributed by atoms with van der Waals surface area (Å²) < 4.78 is 13.6. The van der Waals surface area contributed by atoms with Crippen LogP contribution in [-0.4, -0.2) is 5.91 Å². The zero-order chi connectivity index (χ0) is 16.7. The van der Waals surface area contributed by atoms with Crippen molar-refractivity contribution in [3.63, 3.8) is 0 Å². The van der Waals surface area contributed by atoms with Crippen LogP contribution in [0.3, 0.4) is 0 Å². The number of anilines is 1. The van der Waals surface area contributed by atoms with Crippen LogP contribution in [0, 0.1) is 5.82 Å². The Morgan fingerprint density at radius 2 is 1.75 bits per heavy atom. The molecule has 2 nitrogen and oxygen atoms in total. The molecule has 4 rings (SSSR count). The average molecular weight is 382 g/mol. The highest BCUT2D eigenvalue weighted by Crippen LogP contribution is 2.37. The van der Waals surface area contributed by atoms with Crippen LogP contribution in [0.15, 0.2) is 65.1 Å². The van der Waals surface area contributed by atoms with Crippen molar-refractivity contribution in [2.75, 3.05) is 5.32 Å². The lowest BCUT2D eigenvalue weighted by Gasteiger charge is -2.09. The summed E-state index contributed by atoms with van der Waals surface area (Å²) in [5.41, 5.74) is 6.06. The molecule has 0 heterocycles. The first-order valence-corrected chi connectivity index (χ1v) is 8.39. The van der Waals surface area contributed by atoms with Gasteiger partial charge in [-0.25, -0.2) is 4.39 Å². The van der Waals surface area contributed by atoms with Gasteiger partial charge in [-0.2, -0.15) is 0 Å². The number of hydrogen-bond donors (Lipinski definition) is 1. The van der Waals surface area contributed by atoms with Crippen molar-refractivity contribution in [2.45, 2.75) is 6.42 Å². The van der Waals surface area contributed by atoms with Gasteiger partial charge in [0.1, 0.15) is 5.82 Å². The number of carbonyl (C=O) groups excluding carboxylic acids is 1.